The minimum absolute atomic E-state index is 0.245. The molecule has 0 aliphatic heterocycles. The van der Waals surface area contributed by atoms with Crippen LogP contribution in [0.15, 0.2) is 0 Å². The van der Waals surface area contributed by atoms with Crippen LogP contribution in [0.25, 0.3) is 0 Å². The van der Waals surface area contributed by atoms with Crippen molar-refractivity contribution in [1.82, 2.24) is 5.32 Å². The second-order valence-corrected chi connectivity index (χ2v) is 5.09. The maximum atomic E-state index is 8.96. The minimum atomic E-state index is 0.245. The summed E-state index contributed by atoms with van der Waals surface area (Å²) in [5.41, 5.74) is 0.245. The molecule has 0 radical (unpaired) electrons. The van der Waals surface area contributed by atoms with Gasteiger partial charge < -0.3 is 10.4 Å². The minimum Gasteiger partial charge on any atom is -0.396 e. The quantitative estimate of drug-likeness (QED) is 0.620. The van der Waals surface area contributed by atoms with E-state index in [0.717, 1.165) is 13.0 Å². The van der Waals surface area contributed by atoms with E-state index in [2.05, 4.69) is 33.0 Å². The van der Waals surface area contributed by atoms with Crippen molar-refractivity contribution in [2.24, 2.45) is 5.41 Å². The molecule has 0 fully saturated rings. The van der Waals surface area contributed by atoms with Crippen molar-refractivity contribution in [2.45, 2.75) is 59.4 Å². The average Bonchev–Trinajstić information content (AvgIpc) is 2.08. The first kappa shape index (κ1) is 13.9. The van der Waals surface area contributed by atoms with E-state index in [9.17, 15) is 0 Å². The van der Waals surface area contributed by atoms with Crippen molar-refractivity contribution in [3.05, 3.63) is 0 Å². The van der Waals surface area contributed by atoms with Crippen molar-refractivity contribution < 1.29 is 5.11 Å². The molecule has 0 rings (SSSR count). The van der Waals surface area contributed by atoms with E-state index in [0.29, 0.717) is 6.04 Å². The molecular formula is C12H27NO. The van der Waals surface area contributed by atoms with Gasteiger partial charge in [0, 0.05) is 12.6 Å². The lowest BCUT2D eigenvalue weighted by molar-refractivity contribution is 0.197. The molecule has 0 heterocycles. The maximum Gasteiger partial charge on any atom is 0.0446 e. The Morgan fingerprint density at radius 1 is 1.21 bits per heavy atom. The van der Waals surface area contributed by atoms with Gasteiger partial charge >= 0.3 is 0 Å². The van der Waals surface area contributed by atoms with Gasteiger partial charge in [0.05, 0.1) is 0 Å². The molecule has 0 bridgehead atoms. The molecule has 0 aromatic rings. The third kappa shape index (κ3) is 6.39. The smallest absolute Gasteiger partial charge is 0.0446 e. The van der Waals surface area contributed by atoms with Crippen molar-refractivity contribution in [3.63, 3.8) is 0 Å². The molecule has 14 heavy (non-hydrogen) atoms. The van der Waals surface area contributed by atoms with Crippen molar-refractivity contribution >= 4 is 0 Å². The molecule has 0 aliphatic carbocycles. The van der Waals surface area contributed by atoms with Crippen LogP contribution in [0.4, 0.5) is 0 Å². The number of unbranched alkanes of at least 4 members (excludes halogenated alkanes) is 2. The predicted octanol–water partition coefficient (Wildman–Crippen LogP) is 2.56. The zero-order chi connectivity index (χ0) is 11.0. The van der Waals surface area contributed by atoms with Gasteiger partial charge in [0.25, 0.3) is 0 Å². The number of aliphatic hydroxyl groups excluding tert-OH is 1. The van der Waals surface area contributed by atoms with E-state index in [-0.39, 0.29) is 12.0 Å². The fraction of sp³-hybridized carbons (Fsp3) is 1.00. The molecule has 2 nitrogen and oxygen atoms in total. The summed E-state index contributed by atoms with van der Waals surface area (Å²) in [6.07, 6.45) is 4.66. The van der Waals surface area contributed by atoms with Crippen LogP contribution in [0.5, 0.6) is 0 Å². The molecule has 1 unspecified atom stereocenters. The molecule has 0 saturated heterocycles. The van der Waals surface area contributed by atoms with E-state index in [4.69, 9.17) is 5.11 Å². The standard InChI is InChI=1S/C12H27NO/c1-5-6-7-9-13-11(8-10-14)12(2,3)4/h11,13-14H,5-10H2,1-4H3. The maximum absolute atomic E-state index is 8.96. The number of hydrogen-bond donors (Lipinski definition) is 2. The summed E-state index contributed by atoms with van der Waals surface area (Å²) >= 11 is 0. The first-order valence-electron chi connectivity index (χ1n) is 5.86. The van der Waals surface area contributed by atoms with Crippen LogP contribution in [0.2, 0.25) is 0 Å². The van der Waals surface area contributed by atoms with Gasteiger partial charge in [-0.1, -0.05) is 40.5 Å². The highest BCUT2D eigenvalue weighted by Crippen LogP contribution is 2.21. The van der Waals surface area contributed by atoms with E-state index in [1.807, 2.05) is 0 Å². The zero-order valence-electron chi connectivity index (χ0n) is 10.3. The highest BCUT2D eigenvalue weighted by atomic mass is 16.3. The highest BCUT2D eigenvalue weighted by molar-refractivity contribution is 4.79. The van der Waals surface area contributed by atoms with Crippen LogP contribution in [0, 0.1) is 5.41 Å². The van der Waals surface area contributed by atoms with Gasteiger partial charge in [-0.3, -0.25) is 0 Å². The Hall–Kier alpha value is -0.0800. The lowest BCUT2D eigenvalue weighted by Gasteiger charge is -2.31. The Morgan fingerprint density at radius 2 is 1.86 bits per heavy atom. The van der Waals surface area contributed by atoms with Gasteiger partial charge in [0.2, 0.25) is 0 Å². The number of hydrogen-bond acceptors (Lipinski definition) is 2. The van der Waals surface area contributed by atoms with Crippen LogP contribution in [0.3, 0.4) is 0 Å². The summed E-state index contributed by atoms with van der Waals surface area (Å²) in [5, 5.41) is 12.5. The van der Waals surface area contributed by atoms with E-state index < -0.39 is 0 Å². The Morgan fingerprint density at radius 3 is 2.29 bits per heavy atom. The molecule has 0 spiro atoms. The topological polar surface area (TPSA) is 32.3 Å². The summed E-state index contributed by atoms with van der Waals surface area (Å²) in [7, 11) is 0. The molecular weight excluding hydrogens is 174 g/mol. The molecule has 0 aliphatic rings. The van der Waals surface area contributed by atoms with Crippen LogP contribution in [0.1, 0.15) is 53.4 Å². The zero-order valence-corrected chi connectivity index (χ0v) is 10.3. The average molecular weight is 201 g/mol. The van der Waals surface area contributed by atoms with E-state index in [1.54, 1.807) is 0 Å². The number of nitrogens with one attached hydrogen (secondary N) is 1. The first-order valence-corrected chi connectivity index (χ1v) is 5.86. The van der Waals surface area contributed by atoms with Crippen molar-refractivity contribution in [1.29, 1.82) is 0 Å². The SMILES string of the molecule is CCCCCNC(CCO)C(C)(C)C. The van der Waals surface area contributed by atoms with Crippen molar-refractivity contribution in [3.8, 4) is 0 Å². The molecule has 0 aromatic carbocycles. The van der Waals surface area contributed by atoms with Crippen LogP contribution < -0.4 is 5.32 Å². The fourth-order valence-electron chi connectivity index (χ4n) is 1.62. The second kappa shape index (κ2) is 7.24. The Balaban J connectivity index is 3.74. The van der Waals surface area contributed by atoms with Crippen LogP contribution in [-0.4, -0.2) is 24.3 Å². The summed E-state index contributed by atoms with van der Waals surface area (Å²) in [6.45, 7) is 10.2. The Kier molecular flexibility index (Phi) is 7.20. The number of aliphatic hydroxyl groups is 1. The van der Waals surface area contributed by atoms with E-state index in [1.165, 1.54) is 19.3 Å². The van der Waals surface area contributed by atoms with Gasteiger partial charge in [0.15, 0.2) is 0 Å². The van der Waals surface area contributed by atoms with Gasteiger partial charge in [-0.2, -0.15) is 0 Å². The largest absolute Gasteiger partial charge is 0.396 e. The highest BCUT2D eigenvalue weighted by Gasteiger charge is 2.22. The third-order valence-electron chi connectivity index (χ3n) is 2.63. The van der Waals surface area contributed by atoms with Gasteiger partial charge in [-0.15, -0.1) is 0 Å². The summed E-state index contributed by atoms with van der Waals surface area (Å²) < 4.78 is 0. The summed E-state index contributed by atoms with van der Waals surface area (Å²) in [4.78, 5) is 0. The second-order valence-electron chi connectivity index (χ2n) is 5.09. The number of rotatable bonds is 7. The first-order chi connectivity index (χ1) is 6.52. The van der Waals surface area contributed by atoms with Crippen LogP contribution >= 0.6 is 0 Å². The summed E-state index contributed by atoms with van der Waals surface area (Å²) in [5.74, 6) is 0. The Labute approximate surface area is 89.1 Å². The Bertz CT molecular complexity index is 129. The summed E-state index contributed by atoms with van der Waals surface area (Å²) in [6, 6.07) is 0.435. The molecule has 0 aromatic heterocycles. The monoisotopic (exact) mass is 201 g/mol. The van der Waals surface area contributed by atoms with Gasteiger partial charge in [0.1, 0.15) is 0 Å². The molecule has 0 amide bonds. The third-order valence-corrected chi connectivity index (χ3v) is 2.63. The molecule has 1 atom stereocenters. The van der Waals surface area contributed by atoms with Gasteiger partial charge in [-0.05, 0) is 24.8 Å². The lowest BCUT2D eigenvalue weighted by Crippen LogP contribution is -2.41. The normalized spacial score (nSPS) is 14.4. The van der Waals surface area contributed by atoms with Crippen LogP contribution in [-0.2, 0) is 0 Å². The van der Waals surface area contributed by atoms with E-state index >= 15 is 0 Å². The molecule has 2 heteroatoms. The molecule has 0 saturated carbocycles. The van der Waals surface area contributed by atoms with Crippen molar-refractivity contribution in [2.75, 3.05) is 13.2 Å². The lowest BCUT2D eigenvalue weighted by atomic mass is 9.85. The molecule has 86 valence electrons. The molecule has 2 N–H and O–H groups in total. The fourth-order valence-corrected chi connectivity index (χ4v) is 1.62. The van der Waals surface area contributed by atoms with Gasteiger partial charge in [-0.25, -0.2) is 0 Å². The predicted molar refractivity (Wildman–Crippen MR) is 62.5 cm³/mol.